The fourth-order valence-electron chi connectivity index (χ4n) is 2.89. The standard InChI is InChI=1S/C13H23F3N2/c1-10(9-11-5-3-2-4-8-17-11)18-12(6-7-12)13(14,15)16/h10-11,17-18H,2-9H2,1H3. The van der Waals surface area contributed by atoms with Gasteiger partial charge in [-0.3, -0.25) is 0 Å². The molecule has 1 aliphatic heterocycles. The van der Waals surface area contributed by atoms with Crippen LogP contribution in [0.2, 0.25) is 0 Å². The van der Waals surface area contributed by atoms with E-state index in [-0.39, 0.29) is 18.9 Å². The number of alkyl halides is 3. The quantitative estimate of drug-likeness (QED) is 0.815. The summed E-state index contributed by atoms with van der Waals surface area (Å²) in [6, 6.07) is 0.295. The maximum atomic E-state index is 12.8. The molecule has 18 heavy (non-hydrogen) atoms. The van der Waals surface area contributed by atoms with Crippen LogP contribution in [-0.4, -0.2) is 30.3 Å². The minimum atomic E-state index is -4.10. The fourth-order valence-corrected chi connectivity index (χ4v) is 2.89. The first kappa shape index (κ1) is 14.1. The van der Waals surface area contributed by atoms with Gasteiger partial charge in [-0.1, -0.05) is 12.8 Å². The van der Waals surface area contributed by atoms with Crippen molar-refractivity contribution in [3.05, 3.63) is 0 Å². The first-order valence-electron chi connectivity index (χ1n) is 7.01. The minimum absolute atomic E-state index is 0.0790. The summed E-state index contributed by atoms with van der Waals surface area (Å²) < 4.78 is 38.5. The SMILES string of the molecule is CC(CC1CCCCCN1)NC1(C(F)(F)F)CC1. The second kappa shape index (κ2) is 5.37. The number of hydrogen-bond donors (Lipinski definition) is 2. The van der Waals surface area contributed by atoms with E-state index < -0.39 is 11.7 Å². The predicted molar refractivity (Wildman–Crippen MR) is 65.5 cm³/mol. The highest BCUT2D eigenvalue weighted by atomic mass is 19.4. The number of halogens is 3. The summed E-state index contributed by atoms with van der Waals surface area (Å²) in [4.78, 5) is 0. The van der Waals surface area contributed by atoms with Crippen molar-refractivity contribution < 1.29 is 13.2 Å². The average Bonchev–Trinajstić information content (AvgIpc) is 3.02. The van der Waals surface area contributed by atoms with Crippen molar-refractivity contribution in [2.24, 2.45) is 0 Å². The van der Waals surface area contributed by atoms with E-state index in [1.165, 1.54) is 19.3 Å². The van der Waals surface area contributed by atoms with Crippen molar-refractivity contribution in [2.45, 2.75) is 75.7 Å². The first-order valence-corrected chi connectivity index (χ1v) is 7.01. The summed E-state index contributed by atoms with van der Waals surface area (Å²) in [5, 5.41) is 6.25. The Balaban J connectivity index is 1.79. The van der Waals surface area contributed by atoms with Crippen LogP contribution < -0.4 is 10.6 Å². The Bertz CT molecular complexity index is 266. The maximum absolute atomic E-state index is 12.8. The second-order valence-electron chi connectivity index (χ2n) is 5.86. The van der Waals surface area contributed by atoms with Crippen molar-refractivity contribution >= 4 is 0 Å². The van der Waals surface area contributed by atoms with Gasteiger partial charge >= 0.3 is 6.18 Å². The van der Waals surface area contributed by atoms with Gasteiger partial charge in [0.1, 0.15) is 5.54 Å². The first-order chi connectivity index (χ1) is 8.43. The van der Waals surface area contributed by atoms with Crippen LogP contribution in [-0.2, 0) is 0 Å². The normalized spacial score (nSPS) is 29.7. The molecule has 2 aliphatic rings. The van der Waals surface area contributed by atoms with Crippen molar-refractivity contribution in [3.8, 4) is 0 Å². The Morgan fingerprint density at radius 1 is 1.28 bits per heavy atom. The van der Waals surface area contributed by atoms with Crippen LogP contribution in [0.25, 0.3) is 0 Å². The molecule has 106 valence electrons. The number of hydrogen-bond acceptors (Lipinski definition) is 2. The van der Waals surface area contributed by atoms with E-state index in [9.17, 15) is 13.2 Å². The molecule has 0 spiro atoms. The molecule has 1 heterocycles. The van der Waals surface area contributed by atoms with Gasteiger partial charge in [-0.15, -0.1) is 0 Å². The molecule has 1 saturated carbocycles. The Kier molecular flexibility index (Phi) is 4.22. The second-order valence-corrected chi connectivity index (χ2v) is 5.86. The van der Waals surface area contributed by atoms with E-state index in [1.54, 1.807) is 0 Å². The van der Waals surface area contributed by atoms with E-state index in [2.05, 4.69) is 10.6 Å². The molecule has 2 nitrogen and oxygen atoms in total. The Morgan fingerprint density at radius 2 is 2.00 bits per heavy atom. The van der Waals surface area contributed by atoms with Crippen molar-refractivity contribution in [1.29, 1.82) is 0 Å². The zero-order valence-corrected chi connectivity index (χ0v) is 10.9. The predicted octanol–water partition coefficient (Wildman–Crippen LogP) is 2.98. The topological polar surface area (TPSA) is 24.1 Å². The molecule has 2 N–H and O–H groups in total. The molecule has 1 aliphatic carbocycles. The molecule has 5 heteroatoms. The van der Waals surface area contributed by atoms with E-state index in [1.807, 2.05) is 6.92 Å². The van der Waals surface area contributed by atoms with Gasteiger partial charge in [0.25, 0.3) is 0 Å². The molecule has 0 amide bonds. The molecule has 0 aromatic carbocycles. The maximum Gasteiger partial charge on any atom is 0.406 e. The van der Waals surface area contributed by atoms with Gasteiger partial charge in [0, 0.05) is 12.1 Å². The van der Waals surface area contributed by atoms with Crippen LogP contribution in [0.1, 0.15) is 51.9 Å². The summed E-state index contributed by atoms with van der Waals surface area (Å²) in [7, 11) is 0. The highest BCUT2D eigenvalue weighted by Gasteiger charge is 2.63. The van der Waals surface area contributed by atoms with Crippen LogP contribution in [0, 0.1) is 0 Å². The summed E-state index contributed by atoms with van der Waals surface area (Å²) in [6.07, 6.45) is 1.86. The lowest BCUT2D eigenvalue weighted by Crippen LogP contribution is -2.50. The van der Waals surface area contributed by atoms with Gasteiger partial charge in [0.05, 0.1) is 0 Å². The molecular formula is C13H23F3N2. The van der Waals surface area contributed by atoms with Crippen LogP contribution in [0.4, 0.5) is 13.2 Å². The van der Waals surface area contributed by atoms with Gasteiger partial charge in [-0.2, -0.15) is 13.2 Å². The highest BCUT2D eigenvalue weighted by molar-refractivity contribution is 5.09. The Hall–Kier alpha value is -0.290. The van der Waals surface area contributed by atoms with Gasteiger partial charge in [0.2, 0.25) is 0 Å². The van der Waals surface area contributed by atoms with Crippen molar-refractivity contribution in [1.82, 2.24) is 10.6 Å². The molecule has 1 saturated heterocycles. The zero-order valence-electron chi connectivity index (χ0n) is 10.9. The van der Waals surface area contributed by atoms with Crippen molar-refractivity contribution in [3.63, 3.8) is 0 Å². The Morgan fingerprint density at radius 3 is 2.61 bits per heavy atom. The van der Waals surface area contributed by atoms with Crippen molar-refractivity contribution in [2.75, 3.05) is 6.54 Å². The van der Waals surface area contributed by atoms with Crippen LogP contribution in [0.15, 0.2) is 0 Å². The summed E-state index contributed by atoms with van der Waals surface area (Å²) in [5.41, 5.74) is -1.57. The fraction of sp³-hybridized carbons (Fsp3) is 1.00. The highest BCUT2D eigenvalue weighted by Crippen LogP contribution is 2.49. The molecule has 2 fully saturated rings. The lowest BCUT2D eigenvalue weighted by molar-refractivity contribution is -0.167. The molecule has 2 atom stereocenters. The smallest absolute Gasteiger partial charge is 0.314 e. The lowest BCUT2D eigenvalue weighted by atomic mass is 10.0. The molecular weight excluding hydrogens is 241 g/mol. The molecule has 0 bridgehead atoms. The monoisotopic (exact) mass is 264 g/mol. The van der Waals surface area contributed by atoms with E-state index >= 15 is 0 Å². The largest absolute Gasteiger partial charge is 0.406 e. The van der Waals surface area contributed by atoms with E-state index in [0.29, 0.717) is 6.04 Å². The van der Waals surface area contributed by atoms with Gasteiger partial charge in [-0.05, 0) is 45.6 Å². The number of nitrogens with one attached hydrogen (secondary N) is 2. The van der Waals surface area contributed by atoms with Crippen LogP contribution in [0.3, 0.4) is 0 Å². The number of rotatable bonds is 4. The minimum Gasteiger partial charge on any atom is -0.314 e. The average molecular weight is 264 g/mol. The zero-order chi connectivity index (χ0) is 13.2. The molecule has 2 unspecified atom stereocenters. The van der Waals surface area contributed by atoms with Gasteiger partial charge in [-0.25, -0.2) is 0 Å². The van der Waals surface area contributed by atoms with Gasteiger partial charge < -0.3 is 10.6 Å². The molecule has 0 radical (unpaired) electrons. The van der Waals surface area contributed by atoms with Gasteiger partial charge in [0.15, 0.2) is 0 Å². The summed E-state index contributed by atoms with van der Waals surface area (Å²) >= 11 is 0. The third-order valence-corrected chi connectivity index (χ3v) is 4.12. The molecule has 2 rings (SSSR count). The van der Waals surface area contributed by atoms with E-state index in [0.717, 1.165) is 19.4 Å². The lowest BCUT2D eigenvalue weighted by Gasteiger charge is -2.28. The Labute approximate surface area is 107 Å². The van der Waals surface area contributed by atoms with E-state index in [4.69, 9.17) is 0 Å². The molecule has 0 aromatic rings. The van der Waals surface area contributed by atoms with Crippen LogP contribution >= 0.6 is 0 Å². The third kappa shape index (κ3) is 3.38. The van der Waals surface area contributed by atoms with Crippen LogP contribution in [0.5, 0.6) is 0 Å². The summed E-state index contributed by atoms with van der Waals surface area (Å²) in [6.45, 7) is 2.88. The third-order valence-electron chi connectivity index (χ3n) is 4.12. The molecule has 0 aromatic heterocycles. The summed E-state index contributed by atoms with van der Waals surface area (Å²) in [5.74, 6) is 0.